The largest absolute Gasteiger partial charge is 0.487 e. The molecule has 0 bridgehead atoms. The van der Waals surface area contributed by atoms with Crippen LogP contribution in [0.5, 0.6) is 5.75 Å². The monoisotopic (exact) mass is 457 g/mol. The van der Waals surface area contributed by atoms with Gasteiger partial charge in [0.15, 0.2) is 0 Å². The fourth-order valence-corrected chi connectivity index (χ4v) is 4.38. The van der Waals surface area contributed by atoms with E-state index < -0.39 is 0 Å². The molecule has 0 N–H and O–H groups in total. The van der Waals surface area contributed by atoms with Gasteiger partial charge in [0.05, 0.1) is 25.0 Å². The third-order valence-electron chi connectivity index (χ3n) is 5.26. The van der Waals surface area contributed by atoms with Crippen molar-refractivity contribution in [3.8, 4) is 5.75 Å². The highest BCUT2D eigenvalue weighted by Gasteiger charge is 2.19. The van der Waals surface area contributed by atoms with Crippen molar-refractivity contribution in [3.05, 3.63) is 112 Å². The summed E-state index contributed by atoms with van der Waals surface area (Å²) in [6.45, 7) is 3.29. The average molecular weight is 458 g/mol. The van der Waals surface area contributed by atoms with Crippen LogP contribution in [-0.2, 0) is 19.7 Å². The summed E-state index contributed by atoms with van der Waals surface area (Å²) in [5.74, 6) is 1.30. The van der Waals surface area contributed by atoms with Gasteiger partial charge in [0.2, 0.25) is 0 Å². The number of benzene rings is 1. The van der Waals surface area contributed by atoms with Crippen molar-refractivity contribution in [1.29, 1.82) is 0 Å². The van der Waals surface area contributed by atoms with Crippen LogP contribution in [0.15, 0.2) is 89.1 Å². The van der Waals surface area contributed by atoms with Crippen LogP contribution in [0.1, 0.15) is 32.3 Å². The molecule has 0 aliphatic heterocycles. The lowest BCUT2D eigenvalue weighted by Crippen LogP contribution is -2.29. The number of imidazole rings is 1. The van der Waals surface area contributed by atoms with E-state index in [9.17, 15) is 4.79 Å². The van der Waals surface area contributed by atoms with Crippen LogP contribution in [0.4, 0.5) is 0 Å². The molecule has 6 nitrogen and oxygen atoms in total. The van der Waals surface area contributed by atoms with E-state index in [1.54, 1.807) is 28.6 Å². The number of hydrogen-bond acceptors (Lipinski definition) is 5. The maximum Gasteiger partial charge on any atom is 0.254 e. The van der Waals surface area contributed by atoms with E-state index in [-0.39, 0.29) is 5.91 Å². The van der Waals surface area contributed by atoms with E-state index in [2.05, 4.69) is 4.98 Å². The molecule has 4 aromatic heterocycles. The Morgan fingerprint density at radius 3 is 2.85 bits per heavy atom. The average Bonchev–Trinajstić information content (AvgIpc) is 3.59. The summed E-state index contributed by atoms with van der Waals surface area (Å²) in [4.78, 5) is 20.9. The second-order valence-corrected chi connectivity index (χ2v) is 8.87. The van der Waals surface area contributed by atoms with E-state index in [1.165, 1.54) is 5.56 Å². The van der Waals surface area contributed by atoms with Gasteiger partial charge in [0, 0.05) is 22.8 Å². The Morgan fingerprint density at radius 1 is 1.09 bits per heavy atom. The predicted molar refractivity (Wildman–Crippen MR) is 127 cm³/mol. The molecule has 5 rings (SSSR count). The van der Waals surface area contributed by atoms with Gasteiger partial charge in [-0.15, -0.1) is 11.3 Å². The molecule has 0 saturated carbocycles. The van der Waals surface area contributed by atoms with Crippen LogP contribution in [0, 0.1) is 6.92 Å². The van der Waals surface area contributed by atoms with Gasteiger partial charge in [0.25, 0.3) is 5.91 Å². The number of fused-ring (bicyclic) bond motifs is 1. The maximum absolute atomic E-state index is 13.4. The molecule has 0 fully saturated rings. The fraction of sp³-hybridized carbons (Fsp3) is 0.154. The van der Waals surface area contributed by atoms with Gasteiger partial charge >= 0.3 is 0 Å². The van der Waals surface area contributed by atoms with Gasteiger partial charge in [-0.1, -0.05) is 18.2 Å². The van der Waals surface area contributed by atoms with E-state index in [0.717, 1.165) is 22.0 Å². The maximum atomic E-state index is 13.4. The molecule has 1 amide bonds. The number of hydrogen-bond donors (Lipinski definition) is 0. The lowest BCUT2D eigenvalue weighted by atomic mass is 10.1. The number of aromatic nitrogens is 2. The van der Waals surface area contributed by atoms with Crippen LogP contribution in [-0.4, -0.2) is 20.2 Å². The van der Waals surface area contributed by atoms with Crippen molar-refractivity contribution >= 4 is 22.9 Å². The quantitative estimate of drug-likeness (QED) is 0.299. The molecule has 0 saturated heterocycles. The normalized spacial score (nSPS) is 11.1. The summed E-state index contributed by atoms with van der Waals surface area (Å²) < 4.78 is 13.5. The Kier molecular flexibility index (Phi) is 5.95. The first-order valence-electron chi connectivity index (χ1n) is 10.7. The number of amides is 1. The highest BCUT2D eigenvalue weighted by molar-refractivity contribution is 7.09. The first kappa shape index (κ1) is 21.0. The minimum Gasteiger partial charge on any atom is -0.487 e. The summed E-state index contributed by atoms with van der Waals surface area (Å²) in [5, 5.41) is 2.01. The Morgan fingerprint density at radius 2 is 2.03 bits per heavy atom. The first-order chi connectivity index (χ1) is 16.1. The summed E-state index contributed by atoms with van der Waals surface area (Å²) in [5.41, 5.74) is 3.45. The molecule has 7 heteroatoms. The van der Waals surface area contributed by atoms with Crippen LogP contribution < -0.4 is 4.74 Å². The van der Waals surface area contributed by atoms with Gasteiger partial charge in [0.1, 0.15) is 23.8 Å². The molecule has 0 aliphatic rings. The zero-order chi connectivity index (χ0) is 22.6. The highest BCUT2D eigenvalue weighted by atomic mass is 32.1. The third-order valence-corrected chi connectivity index (χ3v) is 6.12. The Hall–Kier alpha value is -3.84. The number of thiophene rings is 1. The molecule has 4 heterocycles. The number of furan rings is 1. The lowest BCUT2D eigenvalue weighted by Gasteiger charge is -2.21. The number of carbonyl (C=O) groups excluding carboxylic acids is 1. The van der Waals surface area contributed by atoms with Gasteiger partial charge in [-0.2, -0.15) is 0 Å². The van der Waals surface area contributed by atoms with Gasteiger partial charge < -0.3 is 18.5 Å². The van der Waals surface area contributed by atoms with Crippen LogP contribution >= 0.6 is 11.3 Å². The lowest BCUT2D eigenvalue weighted by molar-refractivity contribution is 0.0719. The molecule has 0 radical (unpaired) electrons. The second-order valence-electron chi connectivity index (χ2n) is 7.84. The number of aryl methyl sites for hydroxylation is 1. The number of nitrogens with zero attached hydrogens (tertiary/aromatic N) is 3. The topological polar surface area (TPSA) is 60.0 Å². The van der Waals surface area contributed by atoms with Crippen molar-refractivity contribution in [2.75, 3.05) is 0 Å². The Balaban J connectivity index is 1.31. The smallest absolute Gasteiger partial charge is 0.254 e. The molecular formula is C26H23N3O3S. The fourth-order valence-electron chi connectivity index (χ4n) is 3.66. The van der Waals surface area contributed by atoms with E-state index >= 15 is 0 Å². The number of carbonyl (C=O) groups is 1. The van der Waals surface area contributed by atoms with Crippen molar-refractivity contribution in [2.45, 2.75) is 26.6 Å². The van der Waals surface area contributed by atoms with Crippen LogP contribution in [0.2, 0.25) is 0 Å². The number of rotatable bonds is 8. The first-order valence-corrected chi connectivity index (χ1v) is 11.5. The molecule has 1 aromatic carbocycles. The van der Waals surface area contributed by atoms with Crippen molar-refractivity contribution in [3.63, 3.8) is 0 Å². The highest BCUT2D eigenvalue weighted by Crippen LogP contribution is 2.21. The van der Waals surface area contributed by atoms with Crippen molar-refractivity contribution < 1.29 is 13.9 Å². The molecule has 166 valence electrons. The molecule has 33 heavy (non-hydrogen) atoms. The third kappa shape index (κ3) is 4.99. The zero-order valence-corrected chi connectivity index (χ0v) is 19.0. The van der Waals surface area contributed by atoms with Crippen LogP contribution in [0.3, 0.4) is 0 Å². The molecule has 0 unspecified atom stereocenters. The molecule has 0 spiro atoms. The van der Waals surface area contributed by atoms with Gasteiger partial charge in [-0.05, 0) is 60.3 Å². The van der Waals surface area contributed by atoms with Crippen molar-refractivity contribution in [2.24, 2.45) is 0 Å². The van der Waals surface area contributed by atoms with E-state index in [0.29, 0.717) is 31.0 Å². The summed E-state index contributed by atoms with van der Waals surface area (Å²) in [6.07, 6.45) is 5.62. The summed E-state index contributed by atoms with van der Waals surface area (Å²) in [7, 11) is 0. The second kappa shape index (κ2) is 9.34. The predicted octanol–water partition coefficient (Wildman–Crippen LogP) is 5.72. The molecule has 0 atom stereocenters. The Bertz CT molecular complexity index is 1320. The zero-order valence-electron chi connectivity index (χ0n) is 18.2. The van der Waals surface area contributed by atoms with E-state index in [1.807, 2.05) is 83.7 Å². The number of pyridine rings is 1. The van der Waals surface area contributed by atoms with E-state index in [4.69, 9.17) is 9.15 Å². The summed E-state index contributed by atoms with van der Waals surface area (Å²) >= 11 is 1.63. The molecule has 0 aliphatic carbocycles. The SMILES string of the molecule is Cc1ccc2nc(COc3cccc(C(=O)N(Cc4ccco4)Cc4cccs4)c3)cn2c1. The van der Waals surface area contributed by atoms with Crippen molar-refractivity contribution in [1.82, 2.24) is 14.3 Å². The number of ether oxygens (including phenoxy) is 1. The minimum absolute atomic E-state index is 0.0755. The minimum atomic E-state index is -0.0755. The van der Waals surface area contributed by atoms with Gasteiger partial charge in [-0.25, -0.2) is 4.98 Å². The standard InChI is InChI=1S/C26H23N3O3S/c1-19-9-10-25-27-21(15-28(25)14-19)18-32-22-6-2-5-20(13-22)26(30)29(16-23-7-3-11-31-23)17-24-8-4-12-33-24/h2-15H,16-18H2,1H3. The summed E-state index contributed by atoms with van der Waals surface area (Å²) in [6, 6.07) is 19.0. The van der Waals surface area contributed by atoms with Gasteiger partial charge in [-0.3, -0.25) is 4.79 Å². The Labute approximate surface area is 195 Å². The van der Waals surface area contributed by atoms with Crippen LogP contribution in [0.25, 0.3) is 5.65 Å². The molecule has 5 aromatic rings. The molecular weight excluding hydrogens is 434 g/mol.